The standard InChI is InChI=1S/C45H25N3O3/c1-2-9-26(10-3-1)43-46-44(28-17-20-33-31-11-4-6-15-37(31)50-40(33)24-28)48-45(47-43)29-18-21-34-35-14-8-13-30(42(35)51-41(34)25-29)27-19-22-39-36(23-27)32-12-5-7-16-38(32)49-39/h1-25H/i8D,13D,14D,18D,21D,25D. The minimum atomic E-state index is -0.366. The van der Waals surface area contributed by atoms with Crippen LogP contribution in [0.15, 0.2) is 165 Å². The van der Waals surface area contributed by atoms with Gasteiger partial charge in [0.2, 0.25) is 0 Å². The molecule has 11 aromatic rings. The first-order valence-corrected chi connectivity index (χ1v) is 16.4. The smallest absolute Gasteiger partial charge is 0.164 e. The summed E-state index contributed by atoms with van der Waals surface area (Å²) in [5, 5.41) is 3.69. The molecule has 0 amide bonds. The van der Waals surface area contributed by atoms with Gasteiger partial charge in [-0.2, -0.15) is 0 Å². The van der Waals surface area contributed by atoms with Crippen LogP contribution in [0.1, 0.15) is 8.22 Å². The maximum absolute atomic E-state index is 9.52. The molecule has 0 saturated heterocycles. The topological polar surface area (TPSA) is 78.1 Å². The highest BCUT2D eigenvalue weighted by Crippen LogP contribution is 2.40. The summed E-state index contributed by atoms with van der Waals surface area (Å²) < 4.78 is 73.6. The average molecular weight is 662 g/mol. The molecule has 238 valence electrons. The monoisotopic (exact) mass is 661 g/mol. The first kappa shape index (κ1) is 22.6. The molecule has 4 heterocycles. The van der Waals surface area contributed by atoms with Gasteiger partial charge >= 0.3 is 0 Å². The lowest BCUT2D eigenvalue weighted by Crippen LogP contribution is -2.00. The lowest BCUT2D eigenvalue weighted by atomic mass is 10.00. The van der Waals surface area contributed by atoms with Gasteiger partial charge in [-0.15, -0.1) is 0 Å². The molecule has 6 heteroatoms. The number of furan rings is 3. The Morgan fingerprint density at radius 2 is 1.04 bits per heavy atom. The fraction of sp³-hybridized carbons (Fsp3) is 0. The normalized spacial score (nSPS) is 13.6. The van der Waals surface area contributed by atoms with Crippen LogP contribution in [0.25, 0.3) is 111 Å². The van der Waals surface area contributed by atoms with Crippen LogP contribution in [0.2, 0.25) is 0 Å². The average Bonchev–Trinajstić information content (AvgIpc) is 3.94. The number of para-hydroxylation sites is 3. The van der Waals surface area contributed by atoms with Gasteiger partial charge in [-0.25, -0.2) is 15.0 Å². The summed E-state index contributed by atoms with van der Waals surface area (Å²) in [6.07, 6.45) is 0. The van der Waals surface area contributed by atoms with Crippen molar-refractivity contribution in [2.24, 2.45) is 0 Å². The number of nitrogens with zero attached hydrogens (tertiary/aromatic N) is 3. The molecular weight excluding hydrogens is 631 g/mol. The second-order valence-corrected chi connectivity index (χ2v) is 12.3. The van der Waals surface area contributed by atoms with Gasteiger partial charge in [0.05, 0.1) is 8.22 Å². The molecule has 0 fully saturated rings. The largest absolute Gasteiger partial charge is 0.456 e. The third kappa shape index (κ3) is 4.40. The van der Waals surface area contributed by atoms with Crippen molar-refractivity contribution in [2.45, 2.75) is 0 Å². The van der Waals surface area contributed by atoms with E-state index in [2.05, 4.69) is 0 Å². The van der Waals surface area contributed by atoms with E-state index in [9.17, 15) is 4.11 Å². The fourth-order valence-corrected chi connectivity index (χ4v) is 6.81. The highest BCUT2D eigenvalue weighted by atomic mass is 16.3. The summed E-state index contributed by atoms with van der Waals surface area (Å²) in [6.45, 7) is 0. The number of hydrogen-bond acceptors (Lipinski definition) is 6. The number of benzene rings is 7. The third-order valence-corrected chi connectivity index (χ3v) is 9.25. The molecule has 0 saturated carbocycles. The molecule has 0 unspecified atom stereocenters. The number of hydrogen-bond donors (Lipinski definition) is 0. The number of aromatic nitrogens is 3. The molecule has 0 N–H and O–H groups in total. The van der Waals surface area contributed by atoms with Crippen molar-refractivity contribution in [3.05, 3.63) is 152 Å². The minimum absolute atomic E-state index is 0.0135. The number of fused-ring (bicyclic) bond motifs is 9. The highest BCUT2D eigenvalue weighted by Gasteiger charge is 2.18. The predicted molar refractivity (Wildman–Crippen MR) is 203 cm³/mol. The van der Waals surface area contributed by atoms with Crippen LogP contribution in [0, 0.1) is 0 Å². The van der Waals surface area contributed by atoms with Crippen LogP contribution in [-0.2, 0) is 0 Å². The van der Waals surface area contributed by atoms with E-state index < -0.39 is 0 Å². The summed E-state index contributed by atoms with van der Waals surface area (Å²) >= 11 is 0. The van der Waals surface area contributed by atoms with Crippen LogP contribution in [-0.4, -0.2) is 15.0 Å². The van der Waals surface area contributed by atoms with Gasteiger partial charge in [0.25, 0.3) is 0 Å². The van der Waals surface area contributed by atoms with Crippen molar-refractivity contribution in [1.82, 2.24) is 15.0 Å². The summed E-state index contributed by atoms with van der Waals surface area (Å²) in [4.78, 5) is 14.4. The molecule has 4 aromatic heterocycles. The van der Waals surface area contributed by atoms with Gasteiger partial charge in [-0.3, -0.25) is 0 Å². The Morgan fingerprint density at radius 1 is 0.392 bits per heavy atom. The van der Waals surface area contributed by atoms with Crippen LogP contribution >= 0.6 is 0 Å². The van der Waals surface area contributed by atoms with Crippen molar-refractivity contribution in [1.29, 1.82) is 0 Å². The van der Waals surface area contributed by atoms with Gasteiger partial charge in [0.15, 0.2) is 17.5 Å². The van der Waals surface area contributed by atoms with E-state index in [0.29, 0.717) is 39.3 Å². The minimum Gasteiger partial charge on any atom is -0.456 e. The molecule has 0 atom stereocenters. The van der Waals surface area contributed by atoms with E-state index >= 15 is 0 Å². The molecule has 0 aliphatic heterocycles. The van der Waals surface area contributed by atoms with Gasteiger partial charge in [0, 0.05) is 54.6 Å². The number of rotatable bonds is 4. The van der Waals surface area contributed by atoms with Crippen molar-refractivity contribution in [3.63, 3.8) is 0 Å². The third-order valence-electron chi connectivity index (χ3n) is 9.25. The lowest BCUT2D eigenvalue weighted by molar-refractivity contribution is 0.668. The molecule has 0 aliphatic rings. The Kier molecular flexibility index (Phi) is 4.74. The van der Waals surface area contributed by atoms with Gasteiger partial charge in [-0.1, -0.05) is 103 Å². The van der Waals surface area contributed by atoms with Crippen molar-refractivity contribution in [3.8, 4) is 45.3 Å². The molecule has 51 heavy (non-hydrogen) atoms. The quantitative estimate of drug-likeness (QED) is 0.187. The van der Waals surface area contributed by atoms with E-state index in [1.165, 1.54) is 0 Å². The summed E-state index contributed by atoms with van der Waals surface area (Å²) in [5.74, 6) is 0.554. The van der Waals surface area contributed by atoms with E-state index in [-0.39, 0.29) is 81.0 Å². The summed E-state index contributed by atoms with van der Waals surface area (Å²) in [5.41, 5.74) is 4.73. The first-order chi connectivity index (χ1) is 27.7. The molecule has 7 aromatic carbocycles. The van der Waals surface area contributed by atoms with E-state index in [1.54, 1.807) is 12.1 Å². The van der Waals surface area contributed by atoms with Gasteiger partial charge in [0.1, 0.15) is 33.5 Å². The zero-order valence-corrected chi connectivity index (χ0v) is 26.5. The maximum Gasteiger partial charge on any atom is 0.164 e. The van der Waals surface area contributed by atoms with Crippen LogP contribution in [0.3, 0.4) is 0 Å². The molecule has 6 nitrogen and oxygen atoms in total. The molecule has 0 bridgehead atoms. The molecule has 0 spiro atoms. The van der Waals surface area contributed by atoms with Crippen LogP contribution < -0.4 is 0 Å². The first-order valence-electron chi connectivity index (χ1n) is 19.4. The zero-order valence-electron chi connectivity index (χ0n) is 32.5. The van der Waals surface area contributed by atoms with Crippen LogP contribution in [0.4, 0.5) is 0 Å². The maximum atomic E-state index is 9.52. The molecule has 0 radical (unpaired) electrons. The Labute approximate surface area is 298 Å². The summed E-state index contributed by atoms with van der Waals surface area (Å²) in [6, 6.07) is 33.9. The predicted octanol–water partition coefficient (Wildman–Crippen LogP) is 12.2. The Morgan fingerprint density at radius 3 is 1.86 bits per heavy atom. The SMILES string of the molecule is [2H]c1c([2H])c([2H])c2c(oc3c([2H])c(-c4nc(-c5ccccc5)nc(-c5ccc6c(c5)oc5ccccc56)n4)c([2H])c([2H])c32)c1-c1ccc2oc3ccccc3c2c1. The van der Waals surface area contributed by atoms with Gasteiger partial charge < -0.3 is 13.3 Å². The second-order valence-electron chi connectivity index (χ2n) is 12.3. The van der Waals surface area contributed by atoms with Crippen molar-refractivity contribution < 1.29 is 21.5 Å². The Bertz CT molecular complexity index is 3500. The van der Waals surface area contributed by atoms with Crippen molar-refractivity contribution >= 4 is 65.8 Å². The molecule has 11 rings (SSSR count). The zero-order chi connectivity index (χ0) is 38.7. The van der Waals surface area contributed by atoms with Gasteiger partial charge in [-0.05, 0) is 54.0 Å². The lowest BCUT2D eigenvalue weighted by Gasteiger charge is -2.08. The summed E-state index contributed by atoms with van der Waals surface area (Å²) in [7, 11) is 0. The van der Waals surface area contributed by atoms with E-state index in [1.807, 2.05) is 103 Å². The Balaban J connectivity index is 1.16. The molecular formula is C45H25N3O3. The van der Waals surface area contributed by atoms with Crippen LogP contribution in [0.5, 0.6) is 0 Å². The second kappa shape index (κ2) is 10.7. The van der Waals surface area contributed by atoms with E-state index in [4.69, 9.17) is 32.3 Å². The fourth-order valence-electron chi connectivity index (χ4n) is 6.81. The highest BCUT2D eigenvalue weighted by molar-refractivity contribution is 6.12. The Hall–Kier alpha value is -7.05. The van der Waals surface area contributed by atoms with Crippen molar-refractivity contribution in [2.75, 3.05) is 0 Å². The molecule has 0 aliphatic carbocycles. The van der Waals surface area contributed by atoms with E-state index in [0.717, 1.165) is 27.1 Å².